The largest absolute Gasteiger partial charge is 0.505 e. The molecule has 1 aromatic rings. The van der Waals surface area contributed by atoms with Crippen molar-refractivity contribution in [3.05, 3.63) is 21.0 Å². The molecular weight excluding hydrogens is 295 g/mol. The molecule has 0 amide bonds. The first-order valence-corrected chi connectivity index (χ1v) is 4.41. The molecule has 0 aliphatic carbocycles. The highest BCUT2D eigenvalue weighted by atomic mass is 127. The van der Waals surface area contributed by atoms with Crippen molar-refractivity contribution in [2.24, 2.45) is 0 Å². The first-order chi connectivity index (χ1) is 6.07. The van der Waals surface area contributed by atoms with Gasteiger partial charge in [-0.3, -0.25) is 4.98 Å². The van der Waals surface area contributed by atoms with Gasteiger partial charge in [-0.25, -0.2) is 8.78 Å². The third-order valence-corrected chi connectivity index (χ3v) is 2.43. The molecule has 0 unspecified atom stereocenters. The van der Waals surface area contributed by atoms with Crippen LogP contribution in [0.3, 0.4) is 0 Å². The zero-order valence-corrected chi connectivity index (χ0v) is 8.49. The van der Waals surface area contributed by atoms with Crippen molar-refractivity contribution in [1.29, 1.82) is 0 Å². The number of pyridine rings is 1. The van der Waals surface area contributed by atoms with Crippen LogP contribution in [0.2, 0.25) is 0 Å². The van der Waals surface area contributed by atoms with E-state index in [-0.39, 0.29) is 5.56 Å². The number of halogens is 3. The van der Waals surface area contributed by atoms with Gasteiger partial charge in [-0.15, -0.1) is 0 Å². The molecule has 3 nitrogen and oxygen atoms in total. The number of aliphatic hydroxyl groups excluding tert-OH is 1. The van der Waals surface area contributed by atoms with Gasteiger partial charge in [-0.1, -0.05) is 0 Å². The quantitative estimate of drug-likeness (QED) is 0.819. The molecule has 0 aliphatic heterocycles. The molecule has 0 saturated carbocycles. The predicted molar refractivity (Wildman–Crippen MR) is 49.5 cm³/mol. The van der Waals surface area contributed by atoms with E-state index in [1.165, 1.54) is 6.20 Å². The molecule has 1 aromatic heterocycles. The highest BCUT2D eigenvalue weighted by molar-refractivity contribution is 14.1. The minimum atomic E-state index is -2.83. The SMILES string of the molecule is OCc1c(I)cnc(C(F)F)c1O. The van der Waals surface area contributed by atoms with Crippen LogP contribution in [0.1, 0.15) is 17.7 Å². The van der Waals surface area contributed by atoms with Crippen molar-refractivity contribution in [3.8, 4) is 5.75 Å². The Morgan fingerprint density at radius 3 is 2.62 bits per heavy atom. The summed E-state index contributed by atoms with van der Waals surface area (Å²) in [4.78, 5) is 3.37. The van der Waals surface area contributed by atoms with Crippen LogP contribution in [-0.4, -0.2) is 15.2 Å². The lowest BCUT2D eigenvalue weighted by atomic mass is 10.2. The van der Waals surface area contributed by atoms with E-state index < -0.39 is 24.5 Å². The molecule has 0 saturated heterocycles. The number of alkyl halides is 2. The van der Waals surface area contributed by atoms with Crippen molar-refractivity contribution in [2.75, 3.05) is 0 Å². The Labute approximate surface area is 86.6 Å². The van der Waals surface area contributed by atoms with Gasteiger partial charge in [0, 0.05) is 15.3 Å². The molecular formula is C7H6F2INO2. The summed E-state index contributed by atoms with van der Waals surface area (Å²) in [5, 5.41) is 18.0. The molecule has 0 spiro atoms. The second kappa shape index (κ2) is 4.14. The second-order valence-corrected chi connectivity index (χ2v) is 3.44. The van der Waals surface area contributed by atoms with Crippen molar-refractivity contribution >= 4 is 22.6 Å². The van der Waals surface area contributed by atoms with Crippen LogP contribution in [-0.2, 0) is 6.61 Å². The van der Waals surface area contributed by atoms with Gasteiger partial charge in [0.15, 0.2) is 0 Å². The molecule has 0 bridgehead atoms. The summed E-state index contributed by atoms with van der Waals surface area (Å²) in [7, 11) is 0. The Hall–Kier alpha value is -0.500. The Kier molecular flexibility index (Phi) is 3.37. The van der Waals surface area contributed by atoms with Crippen LogP contribution in [0, 0.1) is 3.57 Å². The molecule has 0 aliphatic rings. The summed E-state index contributed by atoms with van der Waals surface area (Å²) < 4.78 is 24.8. The van der Waals surface area contributed by atoms with Crippen LogP contribution in [0.5, 0.6) is 5.75 Å². The van der Waals surface area contributed by atoms with Gasteiger partial charge in [0.2, 0.25) is 0 Å². The van der Waals surface area contributed by atoms with Crippen molar-refractivity contribution in [1.82, 2.24) is 4.98 Å². The predicted octanol–water partition coefficient (Wildman–Crippen LogP) is 1.82. The Morgan fingerprint density at radius 1 is 1.54 bits per heavy atom. The molecule has 0 aromatic carbocycles. The maximum absolute atomic E-state index is 12.2. The normalized spacial score (nSPS) is 10.8. The zero-order valence-electron chi connectivity index (χ0n) is 6.34. The van der Waals surface area contributed by atoms with Gasteiger partial charge in [0.25, 0.3) is 6.43 Å². The summed E-state index contributed by atoms with van der Waals surface area (Å²) in [6, 6.07) is 0. The summed E-state index contributed by atoms with van der Waals surface area (Å²) in [6.07, 6.45) is -1.64. The fourth-order valence-corrected chi connectivity index (χ4v) is 1.41. The van der Waals surface area contributed by atoms with Gasteiger partial charge >= 0.3 is 0 Å². The van der Waals surface area contributed by atoms with Crippen LogP contribution < -0.4 is 0 Å². The fraction of sp³-hybridized carbons (Fsp3) is 0.286. The van der Waals surface area contributed by atoms with E-state index in [9.17, 15) is 13.9 Å². The summed E-state index contributed by atoms with van der Waals surface area (Å²) in [6.45, 7) is -0.480. The van der Waals surface area contributed by atoms with Crippen molar-refractivity contribution in [2.45, 2.75) is 13.0 Å². The average Bonchev–Trinajstić information content (AvgIpc) is 2.04. The molecule has 0 radical (unpaired) electrons. The summed E-state index contributed by atoms with van der Waals surface area (Å²) in [5.41, 5.74) is -0.602. The maximum atomic E-state index is 12.2. The smallest absolute Gasteiger partial charge is 0.284 e. The standard InChI is InChI=1S/C7H6F2INO2/c8-7(9)5-6(13)3(2-12)4(10)1-11-5/h1,7,12-13H,2H2. The van der Waals surface area contributed by atoms with Gasteiger partial charge < -0.3 is 10.2 Å². The summed E-state index contributed by atoms with van der Waals surface area (Å²) >= 11 is 1.80. The lowest BCUT2D eigenvalue weighted by Crippen LogP contribution is -1.98. The van der Waals surface area contributed by atoms with Crippen LogP contribution in [0.4, 0.5) is 8.78 Å². The number of rotatable bonds is 2. The third kappa shape index (κ3) is 2.05. The Balaban J connectivity index is 3.27. The summed E-state index contributed by atoms with van der Waals surface area (Å²) in [5.74, 6) is -0.621. The van der Waals surface area contributed by atoms with Gasteiger partial charge in [0.05, 0.1) is 6.61 Å². The minimum absolute atomic E-state index is 0.0888. The topological polar surface area (TPSA) is 53.4 Å². The van der Waals surface area contributed by atoms with Crippen LogP contribution in [0.15, 0.2) is 6.20 Å². The van der Waals surface area contributed by atoms with Gasteiger partial charge in [0.1, 0.15) is 11.4 Å². The Bertz CT molecular complexity index is 320. The van der Waals surface area contributed by atoms with Crippen molar-refractivity contribution in [3.63, 3.8) is 0 Å². The highest BCUT2D eigenvalue weighted by Crippen LogP contribution is 2.31. The minimum Gasteiger partial charge on any atom is -0.505 e. The fourth-order valence-electron chi connectivity index (χ4n) is 0.843. The van der Waals surface area contributed by atoms with E-state index in [4.69, 9.17) is 5.11 Å². The molecule has 6 heteroatoms. The number of hydrogen-bond acceptors (Lipinski definition) is 3. The molecule has 1 rings (SSSR count). The van der Waals surface area contributed by atoms with E-state index in [1.807, 2.05) is 0 Å². The van der Waals surface area contributed by atoms with Crippen LogP contribution in [0.25, 0.3) is 0 Å². The number of aromatic hydroxyl groups is 1. The molecule has 0 atom stereocenters. The molecule has 1 heterocycles. The number of aliphatic hydroxyl groups is 1. The maximum Gasteiger partial charge on any atom is 0.284 e. The second-order valence-electron chi connectivity index (χ2n) is 2.28. The van der Waals surface area contributed by atoms with E-state index in [0.29, 0.717) is 3.57 Å². The molecule has 2 N–H and O–H groups in total. The van der Waals surface area contributed by atoms with E-state index >= 15 is 0 Å². The number of nitrogens with zero attached hydrogens (tertiary/aromatic N) is 1. The van der Waals surface area contributed by atoms with Crippen molar-refractivity contribution < 1.29 is 19.0 Å². The highest BCUT2D eigenvalue weighted by Gasteiger charge is 2.18. The van der Waals surface area contributed by atoms with Gasteiger partial charge in [-0.2, -0.15) is 0 Å². The lowest BCUT2D eigenvalue weighted by molar-refractivity contribution is 0.141. The molecule has 72 valence electrons. The first-order valence-electron chi connectivity index (χ1n) is 3.33. The zero-order chi connectivity index (χ0) is 10.0. The third-order valence-electron chi connectivity index (χ3n) is 1.50. The monoisotopic (exact) mass is 301 g/mol. The van der Waals surface area contributed by atoms with Crippen LogP contribution >= 0.6 is 22.6 Å². The lowest BCUT2D eigenvalue weighted by Gasteiger charge is -2.07. The molecule has 13 heavy (non-hydrogen) atoms. The average molecular weight is 301 g/mol. The first kappa shape index (κ1) is 10.6. The number of aromatic nitrogens is 1. The van der Waals surface area contributed by atoms with E-state index in [2.05, 4.69) is 4.98 Å². The molecule has 0 fully saturated rings. The van der Waals surface area contributed by atoms with Gasteiger partial charge in [-0.05, 0) is 22.6 Å². The number of hydrogen-bond donors (Lipinski definition) is 2. The van der Waals surface area contributed by atoms with E-state index in [0.717, 1.165) is 0 Å². The Morgan fingerprint density at radius 2 is 2.15 bits per heavy atom. The van der Waals surface area contributed by atoms with E-state index in [1.54, 1.807) is 22.6 Å².